The number of rotatable bonds is 9. The van der Waals surface area contributed by atoms with Gasteiger partial charge in [-0.05, 0) is 60.9 Å². The number of nitrogens with one attached hydrogen (secondary N) is 2. The van der Waals surface area contributed by atoms with E-state index in [2.05, 4.69) is 35.3 Å². The number of likely N-dealkylation sites (tertiary alicyclic amines) is 1. The highest BCUT2D eigenvalue weighted by Crippen LogP contribution is 2.20. The van der Waals surface area contributed by atoms with E-state index in [1.807, 2.05) is 23.4 Å². The van der Waals surface area contributed by atoms with E-state index in [0.29, 0.717) is 18.9 Å². The Kier molecular flexibility index (Phi) is 8.99. The van der Waals surface area contributed by atoms with Crippen molar-refractivity contribution >= 4 is 5.91 Å². The van der Waals surface area contributed by atoms with Crippen LogP contribution in [0, 0.1) is 11.7 Å². The number of benzene rings is 2. The monoisotopic (exact) mass is 518 g/mol. The summed E-state index contributed by atoms with van der Waals surface area (Å²) >= 11 is 0. The zero-order valence-electron chi connectivity index (χ0n) is 22.1. The van der Waals surface area contributed by atoms with Crippen molar-refractivity contribution in [1.29, 1.82) is 0 Å². The number of piperazine rings is 1. The first-order chi connectivity index (χ1) is 18.6. The minimum Gasteiger partial charge on any atom is -0.493 e. The number of carbonyl (C=O) groups is 1. The molecule has 3 heterocycles. The van der Waals surface area contributed by atoms with Gasteiger partial charge in [0.25, 0.3) is 0 Å². The molecular weight excluding hydrogens is 479 g/mol. The summed E-state index contributed by atoms with van der Waals surface area (Å²) in [6.07, 6.45) is 6.19. The van der Waals surface area contributed by atoms with Crippen LogP contribution in [-0.4, -0.2) is 61.7 Å². The first-order valence-electron chi connectivity index (χ1n) is 13.9. The summed E-state index contributed by atoms with van der Waals surface area (Å²) in [4.78, 5) is 22.2. The lowest BCUT2D eigenvalue weighted by Gasteiger charge is -2.32. The van der Waals surface area contributed by atoms with Crippen LogP contribution in [0.2, 0.25) is 0 Å². The normalized spacial score (nSPS) is 21.7. The van der Waals surface area contributed by atoms with Crippen LogP contribution in [0.5, 0.6) is 5.75 Å². The fourth-order valence-corrected chi connectivity index (χ4v) is 5.62. The standard InChI is InChI=1S/C31H37FN4O2/c32-29-9-5-25(6-10-29)19-31(37)36-14-2-4-28(23-36)24-38-30-11-7-26(8-12-30)21-34-15-17-35(18-16-34)22-27-3-1-13-33-20-27/h1,3,5-13,20,28H,2,4,14-19,21-24H2/p+2. The van der Waals surface area contributed by atoms with E-state index >= 15 is 0 Å². The molecule has 0 bridgehead atoms. The number of hydrogen-bond acceptors (Lipinski definition) is 3. The smallest absolute Gasteiger partial charge is 0.227 e. The van der Waals surface area contributed by atoms with E-state index in [4.69, 9.17) is 4.74 Å². The Bertz CT molecular complexity index is 1150. The quantitative estimate of drug-likeness (QED) is 0.452. The minimum absolute atomic E-state index is 0.104. The lowest BCUT2D eigenvalue weighted by atomic mass is 9.98. The fraction of sp³-hybridized carbons (Fsp3) is 0.419. The Morgan fingerprint density at radius 2 is 1.61 bits per heavy atom. The van der Waals surface area contributed by atoms with Crippen LogP contribution in [0.4, 0.5) is 4.39 Å². The van der Waals surface area contributed by atoms with Crippen molar-refractivity contribution in [2.45, 2.75) is 32.4 Å². The third-order valence-electron chi connectivity index (χ3n) is 7.84. The molecule has 0 aliphatic carbocycles. The molecule has 3 aromatic rings. The van der Waals surface area contributed by atoms with Crippen molar-refractivity contribution in [3.8, 4) is 5.75 Å². The number of amides is 1. The molecule has 0 radical (unpaired) electrons. The van der Waals surface area contributed by atoms with Crippen molar-refractivity contribution in [3.63, 3.8) is 0 Å². The second-order valence-electron chi connectivity index (χ2n) is 10.8. The molecule has 2 fully saturated rings. The Morgan fingerprint density at radius 3 is 2.29 bits per heavy atom. The number of quaternary nitrogens is 2. The van der Waals surface area contributed by atoms with Crippen molar-refractivity contribution in [2.75, 3.05) is 45.9 Å². The number of hydrogen-bond donors (Lipinski definition) is 2. The van der Waals surface area contributed by atoms with Crippen LogP contribution < -0.4 is 14.5 Å². The van der Waals surface area contributed by atoms with E-state index in [0.717, 1.165) is 50.3 Å². The first kappa shape index (κ1) is 26.3. The molecule has 2 aromatic carbocycles. The molecule has 1 amide bonds. The zero-order chi connectivity index (χ0) is 26.2. The third kappa shape index (κ3) is 7.62. The average Bonchev–Trinajstić information content (AvgIpc) is 2.96. The average molecular weight is 519 g/mol. The van der Waals surface area contributed by atoms with Crippen LogP contribution in [0.3, 0.4) is 0 Å². The van der Waals surface area contributed by atoms with Gasteiger partial charge in [0.05, 0.1) is 13.0 Å². The molecule has 0 spiro atoms. The third-order valence-corrected chi connectivity index (χ3v) is 7.84. The van der Waals surface area contributed by atoms with Crippen LogP contribution in [-0.2, 0) is 24.3 Å². The van der Waals surface area contributed by atoms with Gasteiger partial charge in [0.15, 0.2) is 0 Å². The maximum absolute atomic E-state index is 13.1. The summed E-state index contributed by atoms with van der Waals surface area (Å²) in [5.74, 6) is 1.05. The van der Waals surface area contributed by atoms with Crippen LogP contribution >= 0.6 is 0 Å². The highest BCUT2D eigenvalue weighted by atomic mass is 19.1. The predicted octanol–water partition coefficient (Wildman–Crippen LogP) is 1.56. The predicted molar refractivity (Wildman–Crippen MR) is 144 cm³/mol. The summed E-state index contributed by atoms with van der Waals surface area (Å²) < 4.78 is 19.3. The fourth-order valence-electron chi connectivity index (χ4n) is 5.62. The van der Waals surface area contributed by atoms with Gasteiger partial charge in [-0.15, -0.1) is 0 Å². The summed E-state index contributed by atoms with van der Waals surface area (Å²) in [7, 11) is 0. The zero-order valence-corrected chi connectivity index (χ0v) is 22.1. The second-order valence-corrected chi connectivity index (χ2v) is 10.8. The number of pyridine rings is 1. The van der Waals surface area contributed by atoms with Gasteiger partial charge >= 0.3 is 0 Å². The Labute approximate surface area is 225 Å². The lowest BCUT2D eigenvalue weighted by Crippen LogP contribution is -3.27. The maximum atomic E-state index is 13.1. The molecule has 1 unspecified atom stereocenters. The van der Waals surface area contributed by atoms with Crippen LogP contribution in [0.1, 0.15) is 29.5 Å². The number of carbonyl (C=O) groups excluding carboxylic acids is 1. The molecule has 7 heteroatoms. The first-order valence-corrected chi connectivity index (χ1v) is 13.9. The molecule has 2 saturated heterocycles. The van der Waals surface area contributed by atoms with Crippen molar-refractivity contribution in [3.05, 3.63) is 95.6 Å². The van der Waals surface area contributed by atoms with Crippen molar-refractivity contribution < 1.29 is 23.7 Å². The molecule has 200 valence electrons. The number of ether oxygens (including phenoxy) is 1. The molecule has 38 heavy (non-hydrogen) atoms. The molecule has 1 aromatic heterocycles. The van der Waals surface area contributed by atoms with Gasteiger partial charge in [0.2, 0.25) is 5.91 Å². The Balaban J connectivity index is 1.03. The van der Waals surface area contributed by atoms with Gasteiger partial charge < -0.3 is 19.4 Å². The summed E-state index contributed by atoms with van der Waals surface area (Å²) in [5.41, 5.74) is 3.52. The van der Waals surface area contributed by atoms with E-state index < -0.39 is 0 Å². The summed E-state index contributed by atoms with van der Waals surface area (Å²) in [6, 6.07) is 18.9. The Morgan fingerprint density at radius 1 is 0.921 bits per heavy atom. The van der Waals surface area contributed by atoms with E-state index in [9.17, 15) is 9.18 Å². The molecule has 0 saturated carbocycles. The molecular formula is C31H39FN4O2+2. The van der Waals surface area contributed by atoms with Crippen molar-refractivity contribution in [1.82, 2.24) is 9.88 Å². The molecule has 5 rings (SSSR count). The lowest BCUT2D eigenvalue weighted by molar-refractivity contribution is -1.02. The molecule has 2 aliphatic rings. The summed E-state index contributed by atoms with van der Waals surface area (Å²) in [6.45, 7) is 8.99. The van der Waals surface area contributed by atoms with Gasteiger partial charge in [0.1, 0.15) is 50.8 Å². The highest BCUT2D eigenvalue weighted by molar-refractivity contribution is 5.78. The van der Waals surface area contributed by atoms with Gasteiger partial charge in [-0.3, -0.25) is 9.78 Å². The van der Waals surface area contributed by atoms with E-state index in [1.165, 1.54) is 49.4 Å². The van der Waals surface area contributed by atoms with Crippen LogP contribution in [0.15, 0.2) is 73.1 Å². The van der Waals surface area contributed by atoms with Crippen LogP contribution in [0.25, 0.3) is 0 Å². The van der Waals surface area contributed by atoms with Gasteiger partial charge in [-0.1, -0.05) is 18.2 Å². The highest BCUT2D eigenvalue weighted by Gasteiger charge is 2.25. The number of aromatic nitrogens is 1. The summed E-state index contributed by atoms with van der Waals surface area (Å²) in [5, 5.41) is 0. The number of nitrogens with zero attached hydrogens (tertiary/aromatic N) is 2. The Hall–Kier alpha value is -3.29. The van der Waals surface area contributed by atoms with Gasteiger partial charge in [0, 0.05) is 42.5 Å². The largest absolute Gasteiger partial charge is 0.493 e. The second kappa shape index (κ2) is 13.0. The van der Waals surface area contributed by atoms with Gasteiger partial charge in [-0.2, -0.15) is 0 Å². The van der Waals surface area contributed by atoms with E-state index in [1.54, 1.807) is 21.9 Å². The van der Waals surface area contributed by atoms with E-state index in [-0.39, 0.29) is 11.7 Å². The topological polar surface area (TPSA) is 51.3 Å². The SMILES string of the molecule is O=C(Cc1ccc(F)cc1)N1CCCC(COc2ccc(C[NH+]3CC[NH+](Cc4cccnc4)CC3)cc2)C1. The number of halogens is 1. The maximum Gasteiger partial charge on any atom is 0.227 e. The molecule has 1 atom stereocenters. The molecule has 2 N–H and O–H groups in total. The number of piperidine rings is 1. The molecule has 2 aliphatic heterocycles. The molecule has 6 nitrogen and oxygen atoms in total. The minimum atomic E-state index is -0.276. The van der Waals surface area contributed by atoms with Crippen molar-refractivity contribution in [2.24, 2.45) is 5.92 Å². The van der Waals surface area contributed by atoms with Gasteiger partial charge in [-0.25, -0.2) is 4.39 Å².